The summed E-state index contributed by atoms with van der Waals surface area (Å²) in [7, 11) is 0. The van der Waals surface area contributed by atoms with Gasteiger partial charge in [0.05, 0.1) is 0 Å². The summed E-state index contributed by atoms with van der Waals surface area (Å²) in [6.45, 7) is 10.1. The Morgan fingerprint density at radius 1 is 1.46 bits per heavy atom. The van der Waals surface area contributed by atoms with Gasteiger partial charge in [0.2, 0.25) is 0 Å². The molecular weight excluding hydrogens is 158 g/mol. The van der Waals surface area contributed by atoms with Gasteiger partial charge in [0.25, 0.3) is 0 Å². The molecule has 0 aromatic heterocycles. The Morgan fingerprint density at radius 2 is 2.08 bits per heavy atom. The van der Waals surface area contributed by atoms with Crippen molar-refractivity contribution < 1.29 is 0 Å². The molecule has 0 radical (unpaired) electrons. The van der Waals surface area contributed by atoms with Crippen LogP contribution >= 0.6 is 0 Å². The highest BCUT2D eigenvalue weighted by Crippen LogP contribution is 2.25. The first kappa shape index (κ1) is 9.85. The Balaban J connectivity index is 3.47. The van der Waals surface area contributed by atoms with Crippen molar-refractivity contribution in [2.45, 2.75) is 27.2 Å². The molecule has 0 saturated heterocycles. The van der Waals surface area contributed by atoms with Gasteiger partial charge in [-0.15, -0.1) is 0 Å². The highest BCUT2D eigenvalue weighted by atomic mass is 14.6. The van der Waals surface area contributed by atoms with Crippen LogP contribution in [0.3, 0.4) is 0 Å². The van der Waals surface area contributed by atoms with Crippen molar-refractivity contribution in [2.24, 2.45) is 0 Å². The average Bonchev–Trinajstić information content (AvgIpc) is 2.13. The Morgan fingerprint density at radius 3 is 2.54 bits per heavy atom. The molecule has 0 bridgehead atoms. The molecule has 0 amide bonds. The number of nitrogen functional groups attached to an aromatic ring is 1. The van der Waals surface area contributed by atoms with Crippen molar-refractivity contribution in [2.75, 3.05) is 5.73 Å². The normalized spacial score (nSPS) is 10.1. The van der Waals surface area contributed by atoms with Crippen molar-refractivity contribution in [1.82, 2.24) is 0 Å². The van der Waals surface area contributed by atoms with Gasteiger partial charge in [-0.3, -0.25) is 0 Å². The Kier molecular flexibility index (Phi) is 2.76. The van der Waals surface area contributed by atoms with Crippen LogP contribution in [0.4, 0.5) is 5.69 Å². The molecule has 2 N–H and O–H groups in total. The third-order valence-electron chi connectivity index (χ3n) is 2.61. The zero-order valence-electron chi connectivity index (χ0n) is 8.65. The SMILES string of the molecule is C=Cc1cc(C)c(C)c(N)c1CC. The molecule has 0 spiro atoms. The molecule has 1 rings (SSSR count). The van der Waals surface area contributed by atoms with Gasteiger partial charge in [-0.25, -0.2) is 0 Å². The van der Waals surface area contributed by atoms with Gasteiger partial charge in [0.15, 0.2) is 0 Å². The minimum absolute atomic E-state index is 0.928. The van der Waals surface area contributed by atoms with Crippen LogP contribution in [0.5, 0.6) is 0 Å². The van der Waals surface area contributed by atoms with Crippen LogP contribution in [0, 0.1) is 13.8 Å². The maximum Gasteiger partial charge on any atom is 0.0384 e. The molecule has 0 aliphatic heterocycles. The first-order valence-corrected chi connectivity index (χ1v) is 4.62. The second kappa shape index (κ2) is 3.65. The lowest BCUT2D eigenvalue weighted by molar-refractivity contribution is 1.12. The van der Waals surface area contributed by atoms with Crippen molar-refractivity contribution >= 4 is 11.8 Å². The van der Waals surface area contributed by atoms with E-state index >= 15 is 0 Å². The summed E-state index contributed by atoms with van der Waals surface area (Å²) < 4.78 is 0. The van der Waals surface area contributed by atoms with E-state index in [1.807, 2.05) is 6.08 Å². The van der Waals surface area contributed by atoms with Gasteiger partial charge in [-0.1, -0.05) is 25.6 Å². The van der Waals surface area contributed by atoms with Crippen molar-refractivity contribution in [3.63, 3.8) is 0 Å². The minimum atomic E-state index is 0.928. The Bertz CT molecular complexity index is 337. The molecule has 13 heavy (non-hydrogen) atoms. The van der Waals surface area contributed by atoms with Crippen LogP contribution in [0.2, 0.25) is 0 Å². The zero-order chi connectivity index (χ0) is 10.0. The second-order valence-corrected chi connectivity index (χ2v) is 3.36. The average molecular weight is 175 g/mol. The smallest absolute Gasteiger partial charge is 0.0384 e. The first-order chi connectivity index (χ1) is 6.11. The summed E-state index contributed by atoms with van der Waals surface area (Å²) >= 11 is 0. The molecular formula is C12H17N. The molecule has 0 fully saturated rings. The van der Waals surface area contributed by atoms with Crippen LogP contribution in [-0.4, -0.2) is 0 Å². The largest absolute Gasteiger partial charge is 0.398 e. The molecule has 1 heteroatoms. The van der Waals surface area contributed by atoms with E-state index in [0.29, 0.717) is 0 Å². The molecule has 1 aromatic rings. The number of nitrogens with two attached hydrogens (primary N) is 1. The molecule has 0 aliphatic carbocycles. The second-order valence-electron chi connectivity index (χ2n) is 3.36. The number of hydrogen-bond donors (Lipinski definition) is 1. The highest BCUT2D eigenvalue weighted by molar-refractivity contribution is 5.67. The standard InChI is InChI=1S/C12H17N/c1-5-10-7-8(3)9(4)12(13)11(10)6-2/h5,7H,1,6,13H2,2-4H3. The lowest BCUT2D eigenvalue weighted by Crippen LogP contribution is -2.01. The fourth-order valence-electron chi connectivity index (χ4n) is 1.60. The molecule has 0 heterocycles. The quantitative estimate of drug-likeness (QED) is 0.687. The number of hydrogen-bond acceptors (Lipinski definition) is 1. The monoisotopic (exact) mass is 175 g/mol. The van der Waals surface area contributed by atoms with E-state index in [-0.39, 0.29) is 0 Å². The molecule has 1 aromatic carbocycles. The highest BCUT2D eigenvalue weighted by Gasteiger charge is 2.07. The van der Waals surface area contributed by atoms with E-state index in [9.17, 15) is 0 Å². The van der Waals surface area contributed by atoms with Gasteiger partial charge in [0, 0.05) is 5.69 Å². The van der Waals surface area contributed by atoms with Gasteiger partial charge in [-0.2, -0.15) is 0 Å². The van der Waals surface area contributed by atoms with E-state index in [4.69, 9.17) is 5.73 Å². The lowest BCUT2D eigenvalue weighted by atomic mass is 9.96. The van der Waals surface area contributed by atoms with E-state index in [0.717, 1.165) is 12.1 Å². The van der Waals surface area contributed by atoms with Gasteiger partial charge >= 0.3 is 0 Å². The lowest BCUT2D eigenvalue weighted by Gasteiger charge is -2.13. The number of benzene rings is 1. The molecule has 70 valence electrons. The van der Waals surface area contributed by atoms with Crippen LogP contribution in [0.25, 0.3) is 6.08 Å². The topological polar surface area (TPSA) is 26.0 Å². The molecule has 0 unspecified atom stereocenters. The van der Waals surface area contributed by atoms with Gasteiger partial charge in [0.1, 0.15) is 0 Å². The maximum atomic E-state index is 6.02. The van der Waals surface area contributed by atoms with Crippen molar-refractivity contribution in [3.05, 3.63) is 34.9 Å². The zero-order valence-corrected chi connectivity index (χ0v) is 8.65. The summed E-state index contributed by atoms with van der Waals surface area (Å²) in [6.07, 6.45) is 2.84. The number of anilines is 1. The van der Waals surface area contributed by atoms with E-state index in [2.05, 4.69) is 33.4 Å². The fourth-order valence-corrected chi connectivity index (χ4v) is 1.60. The molecule has 0 aliphatic rings. The van der Waals surface area contributed by atoms with E-state index < -0.39 is 0 Å². The summed E-state index contributed by atoms with van der Waals surface area (Å²) in [5.74, 6) is 0. The maximum absolute atomic E-state index is 6.02. The number of aryl methyl sites for hydroxylation is 1. The third kappa shape index (κ3) is 1.59. The van der Waals surface area contributed by atoms with Crippen LogP contribution in [0.15, 0.2) is 12.6 Å². The fraction of sp³-hybridized carbons (Fsp3) is 0.333. The van der Waals surface area contributed by atoms with Gasteiger partial charge < -0.3 is 5.73 Å². The summed E-state index contributed by atoms with van der Waals surface area (Å²) in [4.78, 5) is 0. The van der Waals surface area contributed by atoms with Crippen LogP contribution in [-0.2, 0) is 6.42 Å². The third-order valence-corrected chi connectivity index (χ3v) is 2.61. The summed E-state index contributed by atoms with van der Waals surface area (Å²) in [5, 5.41) is 0. The van der Waals surface area contributed by atoms with Crippen LogP contribution < -0.4 is 5.73 Å². The Labute approximate surface area is 80.3 Å². The number of rotatable bonds is 2. The molecule has 0 saturated carbocycles. The summed E-state index contributed by atoms with van der Waals surface area (Å²) in [5.41, 5.74) is 11.8. The van der Waals surface area contributed by atoms with E-state index in [1.54, 1.807) is 0 Å². The first-order valence-electron chi connectivity index (χ1n) is 4.62. The molecule has 1 nitrogen and oxygen atoms in total. The molecule has 0 atom stereocenters. The van der Waals surface area contributed by atoms with Crippen molar-refractivity contribution in [1.29, 1.82) is 0 Å². The van der Waals surface area contributed by atoms with Crippen molar-refractivity contribution in [3.8, 4) is 0 Å². The van der Waals surface area contributed by atoms with Gasteiger partial charge in [-0.05, 0) is 42.5 Å². The van der Waals surface area contributed by atoms with E-state index in [1.165, 1.54) is 22.3 Å². The summed E-state index contributed by atoms with van der Waals surface area (Å²) in [6, 6.07) is 2.15. The van der Waals surface area contributed by atoms with Crippen LogP contribution in [0.1, 0.15) is 29.2 Å². The minimum Gasteiger partial charge on any atom is -0.398 e. The Hall–Kier alpha value is -1.24. The predicted molar refractivity (Wildman–Crippen MR) is 59.8 cm³/mol. The predicted octanol–water partition coefficient (Wildman–Crippen LogP) is 3.09.